The maximum Gasteiger partial charge on any atom is 0.343 e. The van der Waals surface area contributed by atoms with E-state index in [0.29, 0.717) is 25.7 Å². The van der Waals surface area contributed by atoms with E-state index < -0.39 is 83.6 Å². The lowest BCUT2D eigenvalue weighted by Crippen LogP contribution is -2.34. The van der Waals surface area contributed by atoms with Crippen molar-refractivity contribution >= 4 is 59.7 Å². The number of esters is 10. The minimum absolute atomic E-state index is 0.0191. The van der Waals surface area contributed by atoms with Crippen LogP contribution in [0, 0.1) is 29.6 Å². The van der Waals surface area contributed by atoms with Gasteiger partial charge in [-0.05, 0) is 148 Å². The van der Waals surface area contributed by atoms with Crippen molar-refractivity contribution in [3.05, 3.63) is 131 Å². The van der Waals surface area contributed by atoms with Crippen LogP contribution in [0.1, 0.15) is 151 Å². The fourth-order valence-corrected chi connectivity index (χ4v) is 7.84. The lowest BCUT2D eigenvalue weighted by Gasteiger charge is -2.27. The van der Waals surface area contributed by atoms with E-state index in [4.69, 9.17) is 47.4 Å². The van der Waals surface area contributed by atoms with E-state index in [2.05, 4.69) is 6.58 Å². The second-order valence-corrected chi connectivity index (χ2v) is 19.6. The summed E-state index contributed by atoms with van der Waals surface area (Å²) in [5, 5.41) is 0. The van der Waals surface area contributed by atoms with Gasteiger partial charge in [-0.1, -0.05) is 47.1 Å². The van der Waals surface area contributed by atoms with Crippen molar-refractivity contribution in [3.8, 4) is 11.5 Å². The van der Waals surface area contributed by atoms with E-state index in [1.165, 1.54) is 91.9 Å². The predicted octanol–water partition coefficient (Wildman–Crippen LogP) is 9.41. The summed E-state index contributed by atoms with van der Waals surface area (Å²) in [6.45, 7) is 13.0. The normalized spacial score (nSPS) is 17.1. The summed E-state index contributed by atoms with van der Waals surface area (Å²) in [5.74, 6) is -9.10. The van der Waals surface area contributed by atoms with Crippen molar-refractivity contribution in [1.82, 2.24) is 0 Å². The molecule has 0 saturated heterocycles. The van der Waals surface area contributed by atoms with Crippen LogP contribution < -0.4 is 9.47 Å². The number of carbonyl (C=O) groups excluding carboxylic acids is 10. The quantitative estimate of drug-likeness (QED) is 0.0206. The van der Waals surface area contributed by atoms with Crippen LogP contribution in [0.25, 0.3) is 0 Å². The van der Waals surface area contributed by atoms with Gasteiger partial charge in [0.2, 0.25) is 0 Å². The Hall–Kier alpha value is -8.42. The number of carbonyl (C=O) groups is 10. The van der Waals surface area contributed by atoms with Gasteiger partial charge < -0.3 is 47.4 Å². The van der Waals surface area contributed by atoms with Crippen molar-refractivity contribution < 1.29 is 95.3 Å². The van der Waals surface area contributed by atoms with Gasteiger partial charge in [-0.2, -0.15) is 0 Å². The zero-order valence-electron chi connectivity index (χ0n) is 46.3. The average Bonchev–Trinajstić information content (AvgIpc) is 3.51. The fraction of sp³-hybridized carbons (Fsp3) is 0.443. The highest BCUT2D eigenvalue weighted by atomic mass is 16.6. The number of benzene rings is 3. The number of hydrogen-bond acceptors (Lipinski definition) is 20. The zero-order valence-corrected chi connectivity index (χ0v) is 46.3. The largest absolute Gasteiger partial charge is 0.466 e. The van der Waals surface area contributed by atoms with Crippen molar-refractivity contribution in [2.24, 2.45) is 29.6 Å². The predicted molar refractivity (Wildman–Crippen MR) is 288 cm³/mol. The van der Waals surface area contributed by atoms with Gasteiger partial charge >= 0.3 is 59.7 Å². The molecule has 0 radical (unpaired) electrons. The van der Waals surface area contributed by atoms with Gasteiger partial charge in [0.05, 0.1) is 73.7 Å². The minimum Gasteiger partial charge on any atom is -0.466 e. The number of hydrogen-bond donors (Lipinski definition) is 0. The SMILES string of the molecule is C=CC(=O)OCCCCOC(=O)c1ccc(C(=O)OC2C=CC(OC(=O)C3CCC(C(=O)Oc4ccc(OC(=O)c5ccc(C(=O)OCCCCOC(C)=O)cc5)c(C(=O)OCC(C)CC)c4)CC3)=CC2C(=O)OCC(C)CC)cc1. The van der Waals surface area contributed by atoms with Crippen molar-refractivity contribution in [1.29, 1.82) is 0 Å². The summed E-state index contributed by atoms with van der Waals surface area (Å²) >= 11 is 0. The third kappa shape index (κ3) is 20.6. The Kier molecular flexibility index (Phi) is 25.5. The van der Waals surface area contributed by atoms with Crippen LogP contribution in [0.5, 0.6) is 11.5 Å². The molecule has 2 aliphatic rings. The van der Waals surface area contributed by atoms with Crippen LogP contribution >= 0.6 is 0 Å². The molecule has 1 fully saturated rings. The Labute approximate surface area is 470 Å². The van der Waals surface area contributed by atoms with Gasteiger partial charge in [0.1, 0.15) is 34.8 Å². The molecule has 20 nitrogen and oxygen atoms in total. The first kappa shape index (κ1) is 63.4. The van der Waals surface area contributed by atoms with Gasteiger partial charge in [-0.3, -0.25) is 19.2 Å². The highest BCUT2D eigenvalue weighted by Crippen LogP contribution is 2.34. The molecule has 434 valence electrons. The molecule has 81 heavy (non-hydrogen) atoms. The molecule has 4 atom stereocenters. The number of unbranched alkanes of at least 4 members (excludes halogenated alkanes) is 2. The standard InChI is InChI=1S/C61H70O20/c1-7-38(4)36-76-60(70)49-34-47(26-28-51(49)80-58(68)45-18-14-41(15-19-45)54(64)74-32-12-10-30-72-40(6)62)78-56(66)43-22-24-44(25-23-43)57(67)79-48-27-29-52(50(35-48)61(71)77-37-39(5)8-2)81-59(69)46-20-16-42(17-21-46)55(65)75-33-13-11-31-73-53(63)9-3/h9,14-21,26-29,34-35,38-39,43-44,50,52H,3,7-8,10-13,22-25,30-33,36-37H2,1-2,4-6H3. The minimum atomic E-state index is -1.19. The molecule has 1 saturated carbocycles. The number of allylic oxidation sites excluding steroid dienone is 1. The van der Waals surface area contributed by atoms with E-state index in [1.807, 2.05) is 27.7 Å². The van der Waals surface area contributed by atoms with Crippen LogP contribution in [0.3, 0.4) is 0 Å². The fourth-order valence-electron chi connectivity index (χ4n) is 7.84. The molecule has 4 unspecified atom stereocenters. The third-order valence-electron chi connectivity index (χ3n) is 13.2. The van der Waals surface area contributed by atoms with Gasteiger partial charge in [-0.15, -0.1) is 0 Å². The molecule has 20 heteroatoms. The first-order valence-electron chi connectivity index (χ1n) is 27.1. The summed E-state index contributed by atoms with van der Waals surface area (Å²) < 4.78 is 54.3. The maximum atomic E-state index is 13.6. The Morgan fingerprint density at radius 3 is 1.54 bits per heavy atom. The Balaban J connectivity index is 1.16. The smallest absolute Gasteiger partial charge is 0.343 e. The Morgan fingerprint density at radius 2 is 1.02 bits per heavy atom. The summed E-state index contributed by atoms with van der Waals surface area (Å²) in [6, 6.07) is 15.0. The Morgan fingerprint density at radius 1 is 0.543 bits per heavy atom. The molecule has 3 aromatic carbocycles. The molecule has 0 aliphatic heterocycles. The van der Waals surface area contributed by atoms with Crippen LogP contribution in [0.2, 0.25) is 0 Å². The lowest BCUT2D eigenvalue weighted by atomic mass is 9.82. The van der Waals surface area contributed by atoms with E-state index in [9.17, 15) is 47.9 Å². The molecule has 5 rings (SSSR count). The molecule has 0 N–H and O–H groups in total. The number of rotatable bonds is 29. The topological polar surface area (TPSA) is 263 Å². The van der Waals surface area contributed by atoms with E-state index in [-0.39, 0.29) is 122 Å². The second-order valence-electron chi connectivity index (χ2n) is 19.6. The van der Waals surface area contributed by atoms with E-state index >= 15 is 0 Å². The second kappa shape index (κ2) is 32.6. The molecule has 2 aliphatic carbocycles. The summed E-state index contributed by atoms with van der Waals surface area (Å²) in [6.07, 6.45) is 8.51. The molecule has 0 aromatic heterocycles. The van der Waals surface area contributed by atoms with Gasteiger partial charge in [0.25, 0.3) is 0 Å². The van der Waals surface area contributed by atoms with Crippen molar-refractivity contribution in [3.63, 3.8) is 0 Å². The van der Waals surface area contributed by atoms with E-state index in [1.54, 1.807) is 0 Å². The molecule has 3 aromatic rings. The average molecular weight is 1120 g/mol. The van der Waals surface area contributed by atoms with Crippen LogP contribution in [0.4, 0.5) is 0 Å². The van der Waals surface area contributed by atoms with Crippen molar-refractivity contribution in [2.75, 3.05) is 39.6 Å². The van der Waals surface area contributed by atoms with Crippen molar-refractivity contribution in [2.45, 2.75) is 105 Å². The molecule has 0 amide bonds. The molecular formula is C61H70O20. The van der Waals surface area contributed by atoms with Crippen LogP contribution in [-0.2, 0) is 61.9 Å². The monoisotopic (exact) mass is 1120 g/mol. The third-order valence-corrected chi connectivity index (χ3v) is 13.2. The highest BCUT2D eigenvalue weighted by molar-refractivity contribution is 5.98. The van der Waals surface area contributed by atoms with Crippen LogP contribution in [0.15, 0.2) is 103 Å². The maximum absolute atomic E-state index is 13.6. The van der Waals surface area contributed by atoms with Gasteiger partial charge in [0.15, 0.2) is 0 Å². The summed E-state index contributed by atoms with van der Waals surface area (Å²) in [4.78, 5) is 128. The Bertz CT molecular complexity index is 2770. The van der Waals surface area contributed by atoms with E-state index in [0.717, 1.165) is 18.9 Å². The molecule has 0 bridgehead atoms. The highest BCUT2D eigenvalue weighted by Gasteiger charge is 2.36. The molecule has 0 spiro atoms. The molecular weight excluding hydrogens is 1050 g/mol. The summed E-state index contributed by atoms with van der Waals surface area (Å²) in [7, 11) is 0. The zero-order chi connectivity index (χ0) is 58.8. The van der Waals surface area contributed by atoms with Gasteiger partial charge in [0, 0.05) is 13.0 Å². The first-order valence-corrected chi connectivity index (χ1v) is 27.1. The van der Waals surface area contributed by atoms with Gasteiger partial charge in [-0.25, -0.2) is 28.8 Å². The van der Waals surface area contributed by atoms with Crippen LogP contribution in [-0.4, -0.2) is 105 Å². The summed E-state index contributed by atoms with van der Waals surface area (Å²) in [5.41, 5.74) is 0.328. The lowest BCUT2D eigenvalue weighted by molar-refractivity contribution is -0.152. The first-order chi connectivity index (χ1) is 38.9. The number of ether oxygens (including phenoxy) is 10. The molecule has 0 heterocycles.